The van der Waals surface area contributed by atoms with Crippen LogP contribution in [0, 0.1) is 11.6 Å². The summed E-state index contributed by atoms with van der Waals surface area (Å²) in [4.78, 5) is 0. The third kappa shape index (κ3) is 1.88. The second-order valence-electron chi connectivity index (χ2n) is 4.24. The van der Waals surface area contributed by atoms with Crippen molar-refractivity contribution in [3.05, 3.63) is 71.6 Å². The van der Waals surface area contributed by atoms with Crippen LogP contribution in [-0.4, -0.2) is 9.61 Å². The molecule has 1 atom stereocenters. The lowest BCUT2D eigenvalue weighted by Crippen LogP contribution is -2.15. The van der Waals surface area contributed by atoms with Gasteiger partial charge in [-0.25, -0.2) is 13.3 Å². The Labute approximate surface area is 108 Å². The summed E-state index contributed by atoms with van der Waals surface area (Å²) in [6.45, 7) is 0. The first-order valence-electron chi connectivity index (χ1n) is 5.80. The summed E-state index contributed by atoms with van der Waals surface area (Å²) in [6, 6.07) is 8.27. The van der Waals surface area contributed by atoms with E-state index in [2.05, 4.69) is 5.10 Å². The summed E-state index contributed by atoms with van der Waals surface area (Å²) in [5.74, 6) is -1.30. The molecular weight excluding hydrogens is 248 g/mol. The van der Waals surface area contributed by atoms with Crippen LogP contribution in [0.2, 0.25) is 0 Å². The molecule has 0 saturated carbocycles. The first-order chi connectivity index (χ1) is 9.18. The predicted molar refractivity (Wildman–Crippen MR) is 67.6 cm³/mol. The van der Waals surface area contributed by atoms with Gasteiger partial charge in [0.1, 0.15) is 11.6 Å². The monoisotopic (exact) mass is 259 g/mol. The number of hydrogen-bond donors (Lipinski definition) is 1. The molecule has 5 heteroatoms. The maximum Gasteiger partial charge on any atom is 0.131 e. The smallest absolute Gasteiger partial charge is 0.131 e. The SMILES string of the molecule is NC(c1c(F)cccc1F)c1cnn2ccccc12. The van der Waals surface area contributed by atoms with Crippen molar-refractivity contribution in [1.29, 1.82) is 0 Å². The van der Waals surface area contributed by atoms with Crippen molar-refractivity contribution in [3.8, 4) is 0 Å². The van der Waals surface area contributed by atoms with E-state index in [1.54, 1.807) is 16.8 Å². The van der Waals surface area contributed by atoms with Gasteiger partial charge in [0.2, 0.25) is 0 Å². The van der Waals surface area contributed by atoms with Crippen LogP contribution < -0.4 is 5.73 Å². The van der Waals surface area contributed by atoms with Gasteiger partial charge in [0, 0.05) is 17.3 Å². The van der Waals surface area contributed by atoms with Crippen molar-refractivity contribution < 1.29 is 8.78 Å². The van der Waals surface area contributed by atoms with E-state index < -0.39 is 17.7 Å². The molecule has 0 amide bonds. The van der Waals surface area contributed by atoms with Gasteiger partial charge in [-0.15, -0.1) is 0 Å². The van der Waals surface area contributed by atoms with Crippen molar-refractivity contribution >= 4 is 5.52 Å². The standard InChI is InChI=1S/C14H11F2N3/c15-10-4-3-5-11(16)13(10)14(17)9-8-18-19-7-2-1-6-12(9)19/h1-8,14H,17H2. The van der Waals surface area contributed by atoms with Crippen LogP contribution >= 0.6 is 0 Å². The number of halogens is 2. The second-order valence-corrected chi connectivity index (χ2v) is 4.24. The topological polar surface area (TPSA) is 43.3 Å². The molecule has 0 radical (unpaired) electrons. The average Bonchev–Trinajstić information content (AvgIpc) is 2.82. The van der Waals surface area contributed by atoms with Gasteiger partial charge in [-0.2, -0.15) is 5.10 Å². The summed E-state index contributed by atoms with van der Waals surface area (Å²) in [6.07, 6.45) is 3.29. The lowest BCUT2D eigenvalue weighted by atomic mass is 10.00. The van der Waals surface area contributed by atoms with E-state index in [1.807, 2.05) is 12.1 Å². The van der Waals surface area contributed by atoms with Crippen LogP contribution in [0.25, 0.3) is 5.52 Å². The molecule has 0 aliphatic heterocycles. The van der Waals surface area contributed by atoms with Gasteiger partial charge >= 0.3 is 0 Å². The molecule has 1 unspecified atom stereocenters. The third-order valence-electron chi connectivity index (χ3n) is 3.10. The highest BCUT2D eigenvalue weighted by Gasteiger charge is 2.21. The Morgan fingerprint density at radius 2 is 1.79 bits per heavy atom. The maximum atomic E-state index is 13.7. The molecule has 2 heterocycles. The van der Waals surface area contributed by atoms with Gasteiger partial charge < -0.3 is 5.73 Å². The molecule has 2 aromatic heterocycles. The zero-order valence-electron chi connectivity index (χ0n) is 9.92. The van der Waals surface area contributed by atoms with Gasteiger partial charge in [0.25, 0.3) is 0 Å². The minimum atomic E-state index is -0.888. The largest absolute Gasteiger partial charge is 0.320 e. The van der Waals surface area contributed by atoms with E-state index in [9.17, 15) is 8.78 Å². The number of fused-ring (bicyclic) bond motifs is 1. The van der Waals surface area contributed by atoms with Crippen molar-refractivity contribution in [3.63, 3.8) is 0 Å². The van der Waals surface area contributed by atoms with Gasteiger partial charge in [-0.3, -0.25) is 0 Å². The summed E-state index contributed by atoms with van der Waals surface area (Å²) in [7, 11) is 0. The molecule has 0 aliphatic rings. The second kappa shape index (κ2) is 4.44. The van der Waals surface area contributed by atoms with E-state index in [1.165, 1.54) is 24.4 Å². The first-order valence-corrected chi connectivity index (χ1v) is 5.80. The van der Waals surface area contributed by atoms with Gasteiger partial charge in [0.15, 0.2) is 0 Å². The molecule has 0 saturated heterocycles. The minimum Gasteiger partial charge on any atom is -0.320 e. The Hall–Kier alpha value is -2.27. The highest BCUT2D eigenvalue weighted by atomic mass is 19.1. The normalized spacial score (nSPS) is 12.8. The Kier molecular flexibility index (Phi) is 2.76. The zero-order valence-corrected chi connectivity index (χ0v) is 9.92. The molecule has 19 heavy (non-hydrogen) atoms. The fourth-order valence-corrected chi connectivity index (χ4v) is 2.16. The van der Waals surface area contributed by atoms with Crippen LogP contribution in [0.15, 0.2) is 48.8 Å². The number of nitrogens with two attached hydrogens (primary N) is 1. The van der Waals surface area contributed by atoms with Crippen LogP contribution in [-0.2, 0) is 0 Å². The quantitative estimate of drug-likeness (QED) is 0.768. The predicted octanol–water partition coefficient (Wildman–Crippen LogP) is 2.66. The molecule has 0 bridgehead atoms. The lowest BCUT2D eigenvalue weighted by Gasteiger charge is -2.12. The molecule has 1 aromatic carbocycles. The summed E-state index contributed by atoms with van der Waals surface area (Å²) < 4.78 is 29.1. The van der Waals surface area contributed by atoms with E-state index >= 15 is 0 Å². The van der Waals surface area contributed by atoms with Crippen LogP contribution in [0.4, 0.5) is 8.78 Å². The fraction of sp³-hybridized carbons (Fsp3) is 0.0714. The Morgan fingerprint density at radius 3 is 2.53 bits per heavy atom. The number of rotatable bonds is 2. The maximum absolute atomic E-state index is 13.7. The summed E-state index contributed by atoms with van der Waals surface area (Å²) >= 11 is 0. The molecule has 3 nitrogen and oxygen atoms in total. The number of aromatic nitrogens is 2. The molecule has 0 spiro atoms. The molecule has 0 aliphatic carbocycles. The van der Waals surface area contributed by atoms with Crippen molar-refractivity contribution in [2.45, 2.75) is 6.04 Å². The Bertz CT molecular complexity index is 716. The van der Waals surface area contributed by atoms with Crippen molar-refractivity contribution in [2.75, 3.05) is 0 Å². The van der Waals surface area contributed by atoms with E-state index in [0.717, 1.165) is 5.52 Å². The number of benzene rings is 1. The number of pyridine rings is 1. The zero-order chi connectivity index (χ0) is 13.4. The Balaban J connectivity index is 2.16. The van der Waals surface area contributed by atoms with Crippen LogP contribution in [0.1, 0.15) is 17.2 Å². The molecule has 96 valence electrons. The van der Waals surface area contributed by atoms with E-state index in [-0.39, 0.29) is 5.56 Å². The third-order valence-corrected chi connectivity index (χ3v) is 3.10. The molecular formula is C14H11F2N3. The van der Waals surface area contributed by atoms with Crippen LogP contribution in [0.5, 0.6) is 0 Å². The molecule has 3 aromatic rings. The summed E-state index contributed by atoms with van der Waals surface area (Å²) in [5, 5.41) is 4.12. The highest BCUT2D eigenvalue weighted by molar-refractivity contribution is 5.57. The molecule has 0 fully saturated rings. The van der Waals surface area contributed by atoms with Gasteiger partial charge in [0.05, 0.1) is 17.8 Å². The number of hydrogen-bond acceptors (Lipinski definition) is 2. The Morgan fingerprint density at radius 1 is 1.05 bits per heavy atom. The van der Waals surface area contributed by atoms with Crippen molar-refractivity contribution in [2.24, 2.45) is 5.73 Å². The van der Waals surface area contributed by atoms with E-state index in [0.29, 0.717) is 5.56 Å². The molecule has 2 N–H and O–H groups in total. The molecule has 3 rings (SSSR count). The van der Waals surface area contributed by atoms with E-state index in [4.69, 9.17) is 5.73 Å². The van der Waals surface area contributed by atoms with Crippen LogP contribution in [0.3, 0.4) is 0 Å². The average molecular weight is 259 g/mol. The lowest BCUT2D eigenvalue weighted by molar-refractivity contribution is 0.544. The fourth-order valence-electron chi connectivity index (χ4n) is 2.16. The number of nitrogens with zero attached hydrogens (tertiary/aromatic N) is 2. The summed E-state index contributed by atoms with van der Waals surface area (Å²) in [5.41, 5.74) is 7.18. The van der Waals surface area contributed by atoms with Crippen molar-refractivity contribution in [1.82, 2.24) is 9.61 Å². The first kappa shape index (κ1) is 11.8. The van der Waals surface area contributed by atoms with Gasteiger partial charge in [-0.05, 0) is 24.3 Å². The van der Waals surface area contributed by atoms with Gasteiger partial charge in [-0.1, -0.05) is 12.1 Å². The highest BCUT2D eigenvalue weighted by Crippen LogP contribution is 2.27. The minimum absolute atomic E-state index is 0.138.